The molecule has 9 atom stereocenters. The van der Waals surface area contributed by atoms with E-state index in [-0.39, 0.29) is 99.6 Å². The fourth-order valence-electron chi connectivity index (χ4n) is 9.27. The van der Waals surface area contributed by atoms with E-state index >= 15 is 0 Å². The van der Waals surface area contributed by atoms with E-state index in [1.165, 1.54) is 19.3 Å². The number of amides is 7. The molecule has 0 spiro atoms. The molecule has 2 aliphatic heterocycles. The first-order chi connectivity index (χ1) is 32.3. The molecule has 7 amide bonds. The van der Waals surface area contributed by atoms with Crippen LogP contribution in [-0.2, 0) is 58.9 Å². The summed E-state index contributed by atoms with van der Waals surface area (Å²) in [5.74, 6) is -3.21. The molecular weight excluding hydrogens is 875 g/mol. The molecule has 1 aromatic carbocycles. The maximum atomic E-state index is 14.4. The van der Waals surface area contributed by atoms with E-state index in [2.05, 4.69) is 16.0 Å². The van der Waals surface area contributed by atoms with Crippen molar-refractivity contribution in [1.82, 2.24) is 35.6 Å². The molecule has 0 aliphatic carbocycles. The van der Waals surface area contributed by atoms with Gasteiger partial charge in [-0.25, -0.2) is 0 Å². The number of carbonyl (C=O) groups is 7. The monoisotopic (exact) mass is 956 g/mol. The fourth-order valence-corrected chi connectivity index (χ4v) is 9.27. The normalized spacial score (nSPS) is 18.6. The summed E-state index contributed by atoms with van der Waals surface area (Å²) in [7, 11) is 8.47. The van der Waals surface area contributed by atoms with E-state index in [0.29, 0.717) is 25.8 Å². The number of hydrogen-bond donors (Lipinski definition) is 3. The van der Waals surface area contributed by atoms with Crippen molar-refractivity contribution in [1.29, 1.82) is 0 Å². The Labute approximate surface area is 404 Å². The number of nitrogens with one attached hydrogen (secondary N) is 3. The minimum atomic E-state index is -0.923. The van der Waals surface area contributed by atoms with Gasteiger partial charge >= 0.3 is 0 Å². The Hall–Kier alpha value is -4.75. The molecule has 1 saturated heterocycles. The van der Waals surface area contributed by atoms with Crippen molar-refractivity contribution < 1.29 is 52.5 Å². The van der Waals surface area contributed by atoms with Crippen molar-refractivity contribution in [2.75, 3.05) is 81.4 Å². The van der Waals surface area contributed by atoms with Crippen LogP contribution in [0.3, 0.4) is 0 Å². The van der Waals surface area contributed by atoms with E-state index in [0.717, 1.165) is 10.5 Å². The molecule has 1 fully saturated rings. The maximum absolute atomic E-state index is 14.4. The highest BCUT2D eigenvalue weighted by Crippen LogP contribution is 2.30. The molecule has 3 rings (SSSR count). The molecule has 0 aromatic heterocycles. The first kappa shape index (κ1) is 57.6. The second-order valence-electron chi connectivity index (χ2n) is 18.9. The highest BCUT2D eigenvalue weighted by Gasteiger charge is 2.43. The van der Waals surface area contributed by atoms with E-state index < -0.39 is 60.1 Å². The Kier molecular flexibility index (Phi) is 24.3. The van der Waals surface area contributed by atoms with Crippen LogP contribution in [0.4, 0.5) is 0 Å². The third-order valence-corrected chi connectivity index (χ3v) is 13.1. The Balaban J connectivity index is 1.67. The lowest BCUT2D eigenvalue weighted by Crippen LogP contribution is -2.59. The Morgan fingerprint density at radius 3 is 1.99 bits per heavy atom. The van der Waals surface area contributed by atoms with E-state index in [9.17, 15) is 33.6 Å². The third-order valence-electron chi connectivity index (χ3n) is 13.1. The average Bonchev–Trinajstić information content (AvgIpc) is 3.92. The summed E-state index contributed by atoms with van der Waals surface area (Å²) < 4.78 is 23.2. The minimum absolute atomic E-state index is 0.0204. The van der Waals surface area contributed by atoms with E-state index in [4.69, 9.17) is 18.9 Å². The number of ether oxygens (including phenoxy) is 4. The van der Waals surface area contributed by atoms with Crippen molar-refractivity contribution >= 4 is 41.4 Å². The molecule has 68 heavy (non-hydrogen) atoms. The van der Waals surface area contributed by atoms with E-state index in [1.807, 2.05) is 90.9 Å². The van der Waals surface area contributed by atoms with Crippen molar-refractivity contribution in [2.45, 2.75) is 123 Å². The van der Waals surface area contributed by atoms with Crippen LogP contribution in [-0.4, -0.2) is 185 Å². The zero-order chi connectivity index (χ0) is 50.7. The summed E-state index contributed by atoms with van der Waals surface area (Å²) in [4.78, 5) is 99.7. The van der Waals surface area contributed by atoms with Crippen LogP contribution >= 0.6 is 0 Å². The number of imide groups is 1. The number of carbonyl (C=O) groups excluding carboxylic acids is 7. The van der Waals surface area contributed by atoms with Crippen LogP contribution in [0.5, 0.6) is 0 Å². The molecule has 3 N–H and O–H groups in total. The highest BCUT2D eigenvalue weighted by molar-refractivity contribution is 6.12. The summed E-state index contributed by atoms with van der Waals surface area (Å²) in [6.45, 7) is 15.1. The van der Waals surface area contributed by atoms with Gasteiger partial charge in [-0.3, -0.25) is 43.4 Å². The molecule has 0 bridgehead atoms. The summed E-state index contributed by atoms with van der Waals surface area (Å²) in [6.07, 6.45) is 3.27. The number of hydrogen-bond acceptors (Lipinski definition) is 12. The summed E-state index contributed by atoms with van der Waals surface area (Å²) in [5, 5.41) is 8.85. The van der Waals surface area contributed by atoms with Crippen LogP contribution in [0.25, 0.3) is 0 Å². The van der Waals surface area contributed by atoms with Crippen LogP contribution in [0.15, 0.2) is 42.5 Å². The Bertz CT molecular complexity index is 1800. The van der Waals surface area contributed by atoms with Crippen molar-refractivity contribution in [3.05, 3.63) is 48.0 Å². The molecule has 0 radical (unpaired) electrons. The molecule has 1 aromatic rings. The SMILES string of the molecule is CC[C@@H](C)C([C@@H](CC(=O)N1CCC[C@H]1[C@H](OC)[C@@H](C)C(=O)N[C@@H](Cc1ccccc1)C(=O)NCCOCCOCCN1C(=O)C=CC1=O)OC)N(C)C(=O)[C@H](NC(=O)C(C(C)C)N(C)C)C(C)C. The van der Waals surface area contributed by atoms with E-state index in [1.54, 1.807) is 30.9 Å². The van der Waals surface area contributed by atoms with Gasteiger partial charge in [-0.15, -0.1) is 0 Å². The zero-order valence-corrected chi connectivity index (χ0v) is 42.7. The van der Waals surface area contributed by atoms with Crippen LogP contribution in [0, 0.1) is 23.7 Å². The van der Waals surface area contributed by atoms with Gasteiger partial charge in [0.1, 0.15) is 12.1 Å². The average molecular weight is 956 g/mol. The number of likely N-dealkylation sites (N-methyl/N-ethyl adjacent to an activating group) is 2. The molecule has 0 saturated carbocycles. The summed E-state index contributed by atoms with van der Waals surface area (Å²) in [6, 6.07) is 6.28. The smallest absolute Gasteiger partial charge is 0.253 e. The molecule has 2 heterocycles. The van der Waals surface area contributed by atoms with Gasteiger partial charge < -0.3 is 44.7 Å². The van der Waals surface area contributed by atoms with Crippen molar-refractivity contribution in [2.24, 2.45) is 23.7 Å². The van der Waals surface area contributed by atoms with Gasteiger partial charge in [0, 0.05) is 52.9 Å². The molecule has 382 valence electrons. The minimum Gasteiger partial charge on any atom is -0.379 e. The third kappa shape index (κ3) is 16.5. The first-order valence-electron chi connectivity index (χ1n) is 24.2. The first-order valence-corrected chi connectivity index (χ1v) is 24.2. The molecule has 18 nitrogen and oxygen atoms in total. The van der Waals surface area contributed by atoms with Crippen LogP contribution in [0.2, 0.25) is 0 Å². The zero-order valence-electron chi connectivity index (χ0n) is 42.7. The summed E-state index contributed by atoms with van der Waals surface area (Å²) >= 11 is 0. The molecule has 2 aliphatic rings. The van der Waals surface area contributed by atoms with Crippen LogP contribution < -0.4 is 16.0 Å². The second kappa shape index (κ2) is 28.7. The van der Waals surface area contributed by atoms with Gasteiger partial charge in [-0.2, -0.15) is 0 Å². The quantitative estimate of drug-likeness (QED) is 0.0752. The highest BCUT2D eigenvalue weighted by atomic mass is 16.5. The number of benzene rings is 1. The molecular formula is C50H81N7O11. The molecule has 18 heteroatoms. The van der Waals surface area contributed by atoms with Crippen molar-refractivity contribution in [3.8, 4) is 0 Å². The van der Waals surface area contributed by atoms with Gasteiger partial charge in [-0.1, -0.05) is 85.2 Å². The number of rotatable bonds is 30. The lowest BCUT2D eigenvalue weighted by molar-refractivity contribution is -0.148. The van der Waals surface area contributed by atoms with Crippen LogP contribution in [0.1, 0.15) is 79.7 Å². The van der Waals surface area contributed by atoms with Gasteiger partial charge in [0.15, 0.2) is 0 Å². The largest absolute Gasteiger partial charge is 0.379 e. The van der Waals surface area contributed by atoms with Gasteiger partial charge in [-0.05, 0) is 50.3 Å². The van der Waals surface area contributed by atoms with Crippen molar-refractivity contribution in [3.63, 3.8) is 0 Å². The predicted octanol–water partition coefficient (Wildman–Crippen LogP) is 2.44. The lowest BCUT2D eigenvalue weighted by atomic mass is 9.89. The molecule has 2 unspecified atom stereocenters. The summed E-state index contributed by atoms with van der Waals surface area (Å²) in [5.41, 5.74) is 0.849. The lowest BCUT2D eigenvalue weighted by Gasteiger charge is -2.41. The Morgan fingerprint density at radius 2 is 1.43 bits per heavy atom. The number of methoxy groups -OCH3 is 2. The number of likely N-dealkylation sites (tertiary alicyclic amines) is 1. The standard InChI is InChI=1S/C50H81N7O11/c1-13-34(6)45(55(10)50(64)43(32(2)3)53-49(63)44(33(4)5)54(8)9)39(65-11)31-42(60)56-24-17-20-38(56)46(66-12)35(7)47(61)52-37(30-36-18-15-14-16-19-36)48(62)51-23-26-67-28-29-68-27-25-57-40(58)21-22-41(57)59/h14-16,18-19,21-22,32-35,37-39,43-46H,13,17,20,23-31H2,1-12H3,(H,51,62)(H,52,61)(H,53,63)/t34-,35-,37+,38+,39-,43-,44?,45?,46-/m1/s1. The maximum Gasteiger partial charge on any atom is 0.253 e. The predicted molar refractivity (Wildman–Crippen MR) is 258 cm³/mol. The van der Waals surface area contributed by atoms with Gasteiger partial charge in [0.05, 0.1) is 75.6 Å². The van der Waals surface area contributed by atoms with Gasteiger partial charge in [0.2, 0.25) is 29.5 Å². The fraction of sp³-hybridized carbons (Fsp3) is 0.700. The Morgan fingerprint density at radius 1 is 0.794 bits per heavy atom. The van der Waals surface area contributed by atoms with Gasteiger partial charge in [0.25, 0.3) is 11.8 Å². The number of nitrogens with zero attached hydrogens (tertiary/aromatic N) is 4. The topological polar surface area (TPSA) is 205 Å². The second-order valence-corrected chi connectivity index (χ2v) is 18.9.